The Morgan fingerprint density at radius 3 is 1.89 bits per heavy atom. The van der Waals surface area contributed by atoms with Crippen LogP contribution in [0.3, 0.4) is 0 Å². The van der Waals surface area contributed by atoms with Gasteiger partial charge in [0.05, 0.1) is 33.3 Å². The van der Waals surface area contributed by atoms with Gasteiger partial charge in [-0.05, 0) is 76.3 Å². The van der Waals surface area contributed by atoms with Crippen molar-refractivity contribution in [3.63, 3.8) is 0 Å². The molecule has 0 bridgehead atoms. The fraction of sp³-hybridized carbons (Fsp3) is 0.0196. The van der Waals surface area contributed by atoms with Crippen LogP contribution in [-0.2, 0) is 0 Å². The van der Waals surface area contributed by atoms with E-state index in [1.807, 2.05) is 6.07 Å². The second-order valence-corrected chi connectivity index (χ2v) is 14.5. The van der Waals surface area contributed by atoms with Crippen molar-refractivity contribution in [1.82, 2.24) is 19.1 Å². The summed E-state index contributed by atoms with van der Waals surface area (Å²) in [6.45, 7) is 0. The van der Waals surface area contributed by atoms with Crippen LogP contribution in [0.25, 0.3) is 88.5 Å². The first kappa shape index (κ1) is 30.2. The number of aromatic nitrogens is 4. The first-order valence-electron chi connectivity index (χ1n) is 18.9. The molecule has 55 heavy (non-hydrogen) atoms. The summed E-state index contributed by atoms with van der Waals surface area (Å²) in [4.78, 5) is 10.5. The maximum absolute atomic E-state index is 5.30. The molecule has 3 aromatic heterocycles. The van der Waals surface area contributed by atoms with Crippen molar-refractivity contribution >= 4 is 54.5 Å². The largest absolute Gasteiger partial charge is 0.309 e. The third-order valence-corrected chi connectivity index (χ3v) is 11.6. The number of nitrogens with zero attached hydrogens (tertiary/aromatic N) is 4. The number of benzene rings is 8. The summed E-state index contributed by atoms with van der Waals surface area (Å²) in [5, 5.41) is 6.01. The molecule has 0 fully saturated rings. The van der Waals surface area contributed by atoms with Gasteiger partial charge in [0.15, 0.2) is 0 Å². The van der Waals surface area contributed by atoms with E-state index in [2.05, 4.69) is 191 Å². The van der Waals surface area contributed by atoms with Gasteiger partial charge in [-0.3, -0.25) is 4.57 Å². The number of fused-ring (bicyclic) bond motifs is 11. The second-order valence-electron chi connectivity index (χ2n) is 14.5. The van der Waals surface area contributed by atoms with Gasteiger partial charge in [0.25, 0.3) is 0 Å². The normalized spacial score (nSPS) is 13.6. The van der Waals surface area contributed by atoms with Gasteiger partial charge in [-0.25, -0.2) is 9.97 Å². The number of para-hydroxylation sites is 4. The molecule has 1 unspecified atom stereocenters. The van der Waals surface area contributed by atoms with Crippen molar-refractivity contribution in [2.75, 3.05) is 0 Å². The topological polar surface area (TPSA) is 35.6 Å². The van der Waals surface area contributed by atoms with Gasteiger partial charge in [0.1, 0.15) is 0 Å². The van der Waals surface area contributed by atoms with Crippen LogP contribution in [0.2, 0.25) is 0 Å². The Morgan fingerprint density at radius 1 is 0.418 bits per heavy atom. The molecular weight excluding hydrogens is 669 g/mol. The minimum atomic E-state index is 0.0857. The Bertz CT molecular complexity index is 3320. The van der Waals surface area contributed by atoms with Crippen LogP contribution in [0.5, 0.6) is 0 Å². The zero-order valence-electron chi connectivity index (χ0n) is 29.8. The van der Waals surface area contributed by atoms with Gasteiger partial charge in [-0.2, -0.15) is 0 Å². The van der Waals surface area contributed by atoms with Crippen molar-refractivity contribution in [3.8, 4) is 34.0 Å². The van der Waals surface area contributed by atoms with E-state index in [1.165, 1.54) is 66.1 Å². The highest BCUT2D eigenvalue weighted by Gasteiger charge is 2.33. The zero-order valence-corrected chi connectivity index (χ0v) is 29.8. The molecular formula is C51H32N4. The summed E-state index contributed by atoms with van der Waals surface area (Å²) < 4.78 is 4.66. The molecule has 12 rings (SSSR count). The predicted molar refractivity (Wildman–Crippen MR) is 226 cm³/mol. The van der Waals surface area contributed by atoms with Gasteiger partial charge in [-0.1, -0.05) is 140 Å². The lowest BCUT2D eigenvalue weighted by atomic mass is 9.88. The fourth-order valence-corrected chi connectivity index (χ4v) is 9.33. The summed E-state index contributed by atoms with van der Waals surface area (Å²) >= 11 is 0. The number of hydrogen-bond acceptors (Lipinski definition) is 2. The summed E-state index contributed by atoms with van der Waals surface area (Å²) in [5.41, 5.74) is 15.3. The molecule has 1 aliphatic rings. The number of hydrogen-bond donors (Lipinski definition) is 0. The minimum Gasteiger partial charge on any atom is -0.309 e. The lowest BCUT2D eigenvalue weighted by Crippen LogP contribution is -2.04. The molecule has 256 valence electrons. The van der Waals surface area contributed by atoms with Crippen molar-refractivity contribution in [3.05, 3.63) is 205 Å². The Hall–Kier alpha value is -7.30. The Labute approximate surface area is 317 Å². The van der Waals surface area contributed by atoms with E-state index in [1.54, 1.807) is 0 Å². The highest BCUT2D eigenvalue weighted by Crippen LogP contribution is 2.53. The molecule has 3 heterocycles. The second kappa shape index (κ2) is 11.6. The average molecular weight is 701 g/mol. The van der Waals surface area contributed by atoms with Crippen molar-refractivity contribution in [2.45, 2.75) is 5.92 Å². The van der Waals surface area contributed by atoms with E-state index < -0.39 is 0 Å². The first-order chi connectivity index (χ1) is 27.3. The van der Waals surface area contributed by atoms with Crippen LogP contribution in [0.4, 0.5) is 0 Å². The van der Waals surface area contributed by atoms with E-state index >= 15 is 0 Å². The van der Waals surface area contributed by atoms with Gasteiger partial charge in [0.2, 0.25) is 5.95 Å². The van der Waals surface area contributed by atoms with Gasteiger partial charge < -0.3 is 4.57 Å². The fourth-order valence-electron chi connectivity index (χ4n) is 9.33. The minimum absolute atomic E-state index is 0.0857. The summed E-state index contributed by atoms with van der Waals surface area (Å²) in [7, 11) is 0. The molecule has 4 nitrogen and oxygen atoms in total. The van der Waals surface area contributed by atoms with Crippen LogP contribution in [0.15, 0.2) is 188 Å². The molecule has 4 heteroatoms. The molecule has 11 aromatic rings. The summed E-state index contributed by atoms with van der Waals surface area (Å²) in [6.07, 6.45) is 0. The first-order valence-corrected chi connectivity index (χ1v) is 18.9. The highest BCUT2D eigenvalue weighted by atomic mass is 15.2. The molecule has 1 aliphatic carbocycles. The van der Waals surface area contributed by atoms with Crippen molar-refractivity contribution in [1.29, 1.82) is 0 Å². The summed E-state index contributed by atoms with van der Waals surface area (Å²) in [5.74, 6) is 0.757. The molecule has 0 N–H and O–H groups in total. The van der Waals surface area contributed by atoms with Crippen molar-refractivity contribution < 1.29 is 0 Å². The van der Waals surface area contributed by atoms with Crippen LogP contribution in [-0.4, -0.2) is 19.1 Å². The molecule has 0 saturated heterocycles. The Morgan fingerprint density at radius 2 is 1.05 bits per heavy atom. The molecule has 0 aliphatic heterocycles. The molecule has 1 atom stereocenters. The van der Waals surface area contributed by atoms with Crippen LogP contribution < -0.4 is 0 Å². The lowest BCUT2D eigenvalue weighted by Gasteiger charge is -2.16. The SMILES string of the molecule is c1ccc(-c2nc(-n3c4ccccc4c4cc(C5c6ccccc6-c6c5ccc5c6c6ccccc6n5-c5ccccc5)ccc43)nc3ccccc23)cc1. The lowest BCUT2D eigenvalue weighted by molar-refractivity contribution is 1.01. The monoisotopic (exact) mass is 700 g/mol. The maximum atomic E-state index is 5.30. The van der Waals surface area contributed by atoms with Crippen LogP contribution in [0, 0.1) is 0 Å². The summed E-state index contributed by atoms with van der Waals surface area (Å²) in [6, 6.07) is 67.7. The van der Waals surface area contributed by atoms with Gasteiger partial charge >= 0.3 is 0 Å². The molecule has 0 spiro atoms. The van der Waals surface area contributed by atoms with E-state index in [9.17, 15) is 0 Å². The smallest absolute Gasteiger partial charge is 0.235 e. The Balaban J connectivity index is 1.09. The quantitative estimate of drug-likeness (QED) is 0.183. The van der Waals surface area contributed by atoms with Gasteiger partial charge in [-0.15, -0.1) is 0 Å². The van der Waals surface area contributed by atoms with E-state index in [4.69, 9.17) is 9.97 Å². The molecule has 8 aromatic carbocycles. The zero-order chi connectivity index (χ0) is 36.0. The molecule has 0 amide bonds. The Kier molecular flexibility index (Phi) is 6.37. The van der Waals surface area contributed by atoms with Crippen LogP contribution in [0.1, 0.15) is 22.6 Å². The molecule has 0 radical (unpaired) electrons. The third-order valence-electron chi connectivity index (χ3n) is 11.6. The third kappa shape index (κ3) is 4.34. The predicted octanol–water partition coefficient (Wildman–Crippen LogP) is 12.7. The molecule has 0 saturated carbocycles. The average Bonchev–Trinajstić information content (AvgIpc) is 3.89. The van der Waals surface area contributed by atoms with E-state index in [0.29, 0.717) is 5.95 Å². The van der Waals surface area contributed by atoms with E-state index in [-0.39, 0.29) is 5.92 Å². The van der Waals surface area contributed by atoms with Gasteiger partial charge in [0, 0.05) is 44.1 Å². The van der Waals surface area contributed by atoms with Crippen LogP contribution >= 0.6 is 0 Å². The standard InChI is InChI=1S/C51H32N4/c1-3-15-32(16-4-1)50-38-22-9-12-24-42(38)52-51(53-50)55-43-25-13-10-19-35(43)41-31-33(27-29-45(41)55)47-36-20-7-8-21-37(36)48-40(47)28-30-46-49(48)39-23-11-14-26-44(39)54(46)34-17-5-2-6-18-34/h1-31,47H. The maximum Gasteiger partial charge on any atom is 0.235 e. The number of rotatable bonds is 4. The van der Waals surface area contributed by atoms with Crippen molar-refractivity contribution in [2.24, 2.45) is 0 Å². The van der Waals surface area contributed by atoms with E-state index in [0.717, 1.165) is 33.2 Å². The highest BCUT2D eigenvalue weighted by molar-refractivity contribution is 6.18.